The number of carbonyl (C=O) groups excluding carboxylic acids is 1. The van der Waals surface area contributed by atoms with Crippen LogP contribution in [-0.2, 0) is 19.1 Å². The first kappa shape index (κ1) is 20.0. The molecular formula is C13H22N2O7. The Hall–Kier alpha value is -2.00. The fraction of sp³-hybridized carbons (Fsp3) is 0.692. The van der Waals surface area contributed by atoms with Crippen LogP contribution < -0.4 is 5.73 Å². The van der Waals surface area contributed by atoms with Crippen LogP contribution in [0.4, 0.5) is 0 Å². The fourth-order valence-corrected chi connectivity index (χ4v) is 1.67. The number of ether oxygens (including phenoxy) is 1. The molecule has 0 heterocycles. The zero-order valence-electron chi connectivity index (χ0n) is 12.2. The summed E-state index contributed by atoms with van der Waals surface area (Å²) in [7, 11) is 0. The quantitative estimate of drug-likeness (QED) is 0.186. The third-order valence-electron chi connectivity index (χ3n) is 2.85. The summed E-state index contributed by atoms with van der Waals surface area (Å²) in [6.45, 7) is 0.460. The van der Waals surface area contributed by atoms with Crippen LogP contribution in [0, 0.1) is 5.41 Å². The van der Waals surface area contributed by atoms with E-state index in [0.717, 1.165) is 0 Å². The number of nitrogens with two attached hydrogens (primary N) is 1. The molecule has 0 amide bonds. The Bertz CT molecular complexity index is 425. The topological polar surface area (TPSA) is 171 Å². The van der Waals surface area contributed by atoms with E-state index in [1.165, 1.54) is 0 Å². The van der Waals surface area contributed by atoms with Crippen LogP contribution in [0.5, 0.6) is 0 Å². The minimum absolute atomic E-state index is 0.0351. The lowest BCUT2D eigenvalue weighted by Gasteiger charge is -2.20. The summed E-state index contributed by atoms with van der Waals surface area (Å²) in [5, 5.41) is 34.6. The Morgan fingerprint density at radius 2 is 1.68 bits per heavy atom. The van der Waals surface area contributed by atoms with Crippen LogP contribution in [0.15, 0.2) is 0 Å². The molecule has 0 bridgehead atoms. The van der Waals surface area contributed by atoms with Gasteiger partial charge in [0, 0.05) is 5.71 Å². The second-order valence-corrected chi connectivity index (χ2v) is 4.90. The molecule has 1 atom stereocenters. The maximum absolute atomic E-state index is 11.5. The first-order valence-electron chi connectivity index (χ1n) is 6.81. The number of carboxylic acids is 2. The van der Waals surface area contributed by atoms with Crippen molar-refractivity contribution in [3.8, 4) is 0 Å². The van der Waals surface area contributed by atoms with Crippen molar-refractivity contribution >= 4 is 23.6 Å². The van der Waals surface area contributed by atoms with Gasteiger partial charge in [-0.1, -0.05) is 0 Å². The molecular weight excluding hydrogens is 296 g/mol. The third-order valence-corrected chi connectivity index (χ3v) is 2.85. The van der Waals surface area contributed by atoms with E-state index in [0.29, 0.717) is 37.9 Å². The summed E-state index contributed by atoms with van der Waals surface area (Å²) >= 11 is 0. The van der Waals surface area contributed by atoms with Gasteiger partial charge in [-0.15, -0.1) is 0 Å². The van der Waals surface area contributed by atoms with Gasteiger partial charge in [0.25, 0.3) is 0 Å². The molecule has 0 spiro atoms. The average molecular weight is 318 g/mol. The minimum atomic E-state index is -2.68. The number of aliphatic hydroxyl groups is 1. The lowest BCUT2D eigenvalue weighted by molar-refractivity contribution is -0.172. The SMILES string of the molecule is N=C(CCCN)CCCOC(=O)CC(O)(CC(=O)O)C(=O)O. The predicted molar refractivity (Wildman–Crippen MR) is 75.7 cm³/mol. The van der Waals surface area contributed by atoms with Gasteiger partial charge < -0.3 is 31.2 Å². The van der Waals surface area contributed by atoms with Crippen molar-refractivity contribution in [2.45, 2.75) is 44.1 Å². The molecule has 0 aromatic heterocycles. The molecule has 9 heteroatoms. The predicted octanol–water partition coefficient (Wildman–Crippen LogP) is -0.251. The monoisotopic (exact) mass is 318 g/mol. The van der Waals surface area contributed by atoms with Gasteiger partial charge in [-0.25, -0.2) is 4.79 Å². The standard InChI is InChI=1S/C13H22N2O7/c14-5-1-3-9(15)4-2-6-22-11(18)8-13(21,12(19)20)7-10(16)17/h15,21H,1-8,14H2,(H,16,17)(H,19,20). The van der Waals surface area contributed by atoms with Crippen molar-refractivity contribution < 1.29 is 34.4 Å². The molecule has 0 saturated carbocycles. The molecule has 9 nitrogen and oxygen atoms in total. The van der Waals surface area contributed by atoms with Crippen LogP contribution in [0.2, 0.25) is 0 Å². The van der Waals surface area contributed by atoms with Crippen molar-refractivity contribution in [1.29, 1.82) is 5.41 Å². The van der Waals surface area contributed by atoms with Gasteiger partial charge in [-0.05, 0) is 32.2 Å². The Balaban J connectivity index is 4.13. The molecule has 6 N–H and O–H groups in total. The summed E-state index contributed by atoms with van der Waals surface area (Å²) < 4.78 is 4.75. The van der Waals surface area contributed by atoms with E-state index in [1.54, 1.807) is 0 Å². The molecule has 22 heavy (non-hydrogen) atoms. The smallest absolute Gasteiger partial charge is 0.336 e. The number of carboxylic acid groups (broad SMARTS) is 2. The first-order valence-corrected chi connectivity index (χ1v) is 6.81. The molecule has 0 saturated heterocycles. The Morgan fingerprint density at radius 1 is 1.09 bits per heavy atom. The third kappa shape index (κ3) is 8.32. The van der Waals surface area contributed by atoms with Gasteiger partial charge in [-0.3, -0.25) is 9.59 Å². The number of hydrogen-bond donors (Lipinski definition) is 5. The van der Waals surface area contributed by atoms with E-state index in [9.17, 15) is 19.5 Å². The molecule has 1 unspecified atom stereocenters. The highest BCUT2D eigenvalue weighted by Crippen LogP contribution is 2.17. The van der Waals surface area contributed by atoms with Gasteiger partial charge >= 0.3 is 17.9 Å². The Kier molecular flexibility index (Phi) is 8.95. The summed E-state index contributed by atoms with van der Waals surface area (Å²) in [4.78, 5) is 32.8. The van der Waals surface area contributed by atoms with Crippen LogP contribution in [-0.4, -0.2) is 57.7 Å². The molecule has 0 aliphatic carbocycles. The van der Waals surface area contributed by atoms with E-state index < -0.39 is 36.4 Å². The highest BCUT2D eigenvalue weighted by Gasteiger charge is 2.41. The highest BCUT2D eigenvalue weighted by atomic mass is 16.5. The molecule has 0 radical (unpaired) electrons. The van der Waals surface area contributed by atoms with Crippen molar-refractivity contribution in [1.82, 2.24) is 0 Å². The molecule has 0 rings (SSSR count). The van der Waals surface area contributed by atoms with Crippen LogP contribution in [0.3, 0.4) is 0 Å². The van der Waals surface area contributed by atoms with E-state index in [2.05, 4.69) is 0 Å². The lowest BCUT2D eigenvalue weighted by Crippen LogP contribution is -2.43. The normalized spacial score (nSPS) is 13.2. The molecule has 0 aromatic rings. The second kappa shape index (κ2) is 9.85. The van der Waals surface area contributed by atoms with Crippen molar-refractivity contribution in [2.24, 2.45) is 5.73 Å². The van der Waals surface area contributed by atoms with Gasteiger partial charge in [0.15, 0.2) is 5.60 Å². The summed E-state index contributed by atoms with van der Waals surface area (Å²) in [5.41, 5.74) is 3.11. The average Bonchev–Trinajstić information content (AvgIpc) is 2.40. The first-order chi connectivity index (χ1) is 10.2. The molecule has 0 fully saturated rings. The van der Waals surface area contributed by atoms with Gasteiger partial charge in [-0.2, -0.15) is 0 Å². The maximum Gasteiger partial charge on any atom is 0.336 e. The lowest BCUT2D eigenvalue weighted by atomic mass is 9.96. The van der Waals surface area contributed by atoms with Crippen LogP contribution in [0.1, 0.15) is 38.5 Å². The summed E-state index contributed by atoms with van der Waals surface area (Å²) in [6, 6.07) is 0. The van der Waals surface area contributed by atoms with E-state index in [1.807, 2.05) is 0 Å². The van der Waals surface area contributed by atoms with Crippen LogP contribution >= 0.6 is 0 Å². The minimum Gasteiger partial charge on any atom is -0.481 e. The van der Waals surface area contributed by atoms with Crippen molar-refractivity contribution in [3.05, 3.63) is 0 Å². The summed E-state index contributed by atoms with van der Waals surface area (Å²) in [6.07, 6.45) is 0.0485. The number of rotatable bonds is 12. The van der Waals surface area contributed by atoms with Gasteiger partial charge in [0.05, 0.1) is 19.4 Å². The van der Waals surface area contributed by atoms with Gasteiger partial charge in [0.2, 0.25) is 0 Å². The fourth-order valence-electron chi connectivity index (χ4n) is 1.67. The van der Waals surface area contributed by atoms with E-state index in [-0.39, 0.29) is 6.61 Å². The van der Waals surface area contributed by atoms with Crippen LogP contribution in [0.25, 0.3) is 0 Å². The number of esters is 1. The maximum atomic E-state index is 11.5. The summed E-state index contributed by atoms with van der Waals surface area (Å²) in [5.74, 6) is -4.33. The highest BCUT2D eigenvalue weighted by molar-refractivity contribution is 5.88. The van der Waals surface area contributed by atoms with E-state index >= 15 is 0 Å². The Labute approximate surface area is 127 Å². The number of aliphatic carboxylic acids is 2. The largest absolute Gasteiger partial charge is 0.481 e. The molecule has 126 valence electrons. The van der Waals surface area contributed by atoms with Gasteiger partial charge in [0.1, 0.15) is 0 Å². The Morgan fingerprint density at radius 3 is 2.18 bits per heavy atom. The zero-order chi connectivity index (χ0) is 17.2. The zero-order valence-corrected chi connectivity index (χ0v) is 12.2. The number of nitrogens with one attached hydrogen (secondary N) is 1. The second-order valence-electron chi connectivity index (χ2n) is 4.90. The molecule has 0 aliphatic rings. The number of hydrogen-bond acceptors (Lipinski definition) is 7. The van der Waals surface area contributed by atoms with Crippen molar-refractivity contribution in [3.63, 3.8) is 0 Å². The van der Waals surface area contributed by atoms with E-state index in [4.69, 9.17) is 26.1 Å². The molecule has 0 aromatic carbocycles. The number of carbonyl (C=O) groups is 3. The molecule has 0 aliphatic heterocycles. The van der Waals surface area contributed by atoms with Crippen molar-refractivity contribution in [2.75, 3.05) is 13.2 Å².